The van der Waals surface area contributed by atoms with E-state index in [9.17, 15) is 4.79 Å². The van der Waals surface area contributed by atoms with Crippen LogP contribution in [0.25, 0.3) is 11.3 Å². The van der Waals surface area contributed by atoms with E-state index in [0.29, 0.717) is 0 Å². The van der Waals surface area contributed by atoms with E-state index in [-0.39, 0.29) is 18.0 Å². The molecule has 2 aromatic rings. The highest BCUT2D eigenvalue weighted by atomic mass is 32.2. The van der Waals surface area contributed by atoms with Gasteiger partial charge in [0.05, 0.1) is 17.8 Å². The molecule has 0 bridgehead atoms. The first-order valence-electron chi connectivity index (χ1n) is 6.86. The Kier molecular flexibility index (Phi) is 4.57. The SMILES string of the molecule is CC(NC(=O)C1CSCN1)c1nc(-c2ccccc2)cs1. The molecule has 1 aliphatic rings. The number of amides is 1. The van der Waals surface area contributed by atoms with Crippen LogP contribution in [0.1, 0.15) is 18.0 Å². The molecule has 0 radical (unpaired) electrons. The van der Waals surface area contributed by atoms with Crippen molar-refractivity contribution in [3.63, 3.8) is 0 Å². The quantitative estimate of drug-likeness (QED) is 0.910. The van der Waals surface area contributed by atoms with E-state index in [0.717, 1.165) is 27.9 Å². The molecule has 1 aromatic carbocycles. The minimum Gasteiger partial charge on any atom is -0.346 e. The largest absolute Gasteiger partial charge is 0.346 e. The molecule has 1 aromatic heterocycles. The van der Waals surface area contributed by atoms with Crippen LogP contribution in [0.5, 0.6) is 0 Å². The summed E-state index contributed by atoms with van der Waals surface area (Å²) in [4.78, 5) is 16.7. The Morgan fingerprint density at radius 3 is 2.95 bits per heavy atom. The summed E-state index contributed by atoms with van der Waals surface area (Å²) in [5, 5.41) is 9.19. The Morgan fingerprint density at radius 1 is 1.43 bits per heavy atom. The van der Waals surface area contributed by atoms with Crippen molar-refractivity contribution in [2.45, 2.75) is 19.0 Å². The molecule has 1 amide bonds. The average molecular weight is 319 g/mol. The van der Waals surface area contributed by atoms with Gasteiger partial charge in [-0.1, -0.05) is 30.3 Å². The predicted octanol–water partition coefficient (Wildman–Crippen LogP) is 2.65. The van der Waals surface area contributed by atoms with Crippen molar-refractivity contribution in [1.29, 1.82) is 0 Å². The van der Waals surface area contributed by atoms with E-state index >= 15 is 0 Å². The van der Waals surface area contributed by atoms with Gasteiger partial charge in [0.1, 0.15) is 5.01 Å². The lowest BCUT2D eigenvalue weighted by molar-refractivity contribution is -0.123. The highest BCUT2D eigenvalue weighted by Crippen LogP contribution is 2.25. The van der Waals surface area contributed by atoms with Gasteiger partial charge in [0, 0.05) is 22.6 Å². The van der Waals surface area contributed by atoms with E-state index in [1.54, 1.807) is 23.1 Å². The van der Waals surface area contributed by atoms with Crippen molar-refractivity contribution in [2.24, 2.45) is 0 Å². The lowest BCUT2D eigenvalue weighted by Gasteiger charge is -2.14. The van der Waals surface area contributed by atoms with Crippen molar-refractivity contribution < 1.29 is 4.79 Å². The summed E-state index contributed by atoms with van der Waals surface area (Å²) in [5.41, 5.74) is 2.07. The van der Waals surface area contributed by atoms with E-state index in [4.69, 9.17) is 0 Å². The summed E-state index contributed by atoms with van der Waals surface area (Å²) in [6.45, 7) is 1.98. The van der Waals surface area contributed by atoms with Gasteiger partial charge in [-0.2, -0.15) is 0 Å². The average Bonchev–Trinajstić information content (AvgIpc) is 3.20. The van der Waals surface area contributed by atoms with Crippen LogP contribution in [-0.4, -0.2) is 28.6 Å². The molecular weight excluding hydrogens is 302 g/mol. The molecule has 0 aliphatic carbocycles. The zero-order chi connectivity index (χ0) is 14.7. The van der Waals surface area contributed by atoms with Crippen molar-refractivity contribution >= 4 is 29.0 Å². The topological polar surface area (TPSA) is 54.0 Å². The van der Waals surface area contributed by atoms with Crippen LogP contribution < -0.4 is 10.6 Å². The smallest absolute Gasteiger partial charge is 0.238 e. The number of aromatic nitrogens is 1. The van der Waals surface area contributed by atoms with Crippen LogP contribution in [0.15, 0.2) is 35.7 Å². The van der Waals surface area contributed by atoms with Crippen molar-refractivity contribution in [3.05, 3.63) is 40.7 Å². The number of nitrogens with one attached hydrogen (secondary N) is 2. The molecule has 110 valence electrons. The molecule has 1 aliphatic heterocycles. The molecule has 6 heteroatoms. The van der Waals surface area contributed by atoms with Crippen LogP contribution in [0.2, 0.25) is 0 Å². The third kappa shape index (κ3) is 3.45. The molecule has 0 saturated carbocycles. The van der Waals surface area contributed by atoms with E-state index in [1.807, 2.05) is 42.6 Å². The molecule has 21 heavy (non-hydrogen) atoms. The monoisotopic (exact) mass is 319 g/mol. The maximum atomic E-state index is 12.1. The third-order valence-corrected chi connectivity index (χ3v) is 5.32. The van der Waals surface area contributed by atoms with Crippen LogP contribution in [0.4, 0.5) is 0 Å². The number of nitrogens with zero attached hydrogens (tertiary/aromatic N) is 1. The molecular formula is C15H17N3OS2. The van der Waals surface area contributed by atoms with Gasteiger partial charge in [0.15, 0.2) is 0 Å². The van der Waals surface area contributed by atoms with E-state index < -0.39 is 0 Å². The second-order valence-electron chi connectivity index (χ2n) is 4.94. The van der Waals surface area contributed by atoms with Gasteiger partial charge in [-0.25, -0.2) is 4.98 Å². The Labute approximate surface area is 132 Å². The van der Waals surface area contributed by atoms with Gasteiger partial charge in [0.25, 0.3) is 0 Å². The molecule has 2 heterocycles. The fourth-order valence-electron chi connectivity index (χ4n) is 2.17. The summed E-state index contributed by atoms with van der Waals surface area (Å²) in [6, 6.07) is 9.94. The van der Waals surface area contributed by atoms with Crippen LogP contribution in [0, 0.1) is 0 Å². The number of thioether (sulfide) groups is 1. The zero-order valence-corrected chi connectivity index (χ0v) is 13.3. The first-order chi connectivity index (χ1) is 10.2. The standard InChI is InChI=1S/C15H17N3OS2/c1-10(17-14(19)13-7-20-9-16-13)15-18-12(8-21-15)11-5-3-2-4-6-11/h2-6,8,10,13,16H,7,9H2,1H3,(H,17,19). The summed E-state index contributed by atoms with van der Waals surface area (Å²) in [7, 11) is 0. The molecule has 2 N–H and O–H groups in total. The Bertz CT molecular complexity index is 608. The Hall–Kier alpha value is -1.37. The lowest BCUT2D eigenvalue weighted by Crippen LogP contribution is -2.42. The Balaban J connectivity index is 1.66. The zero-order valence-electron chi connectivity index (χ0n) is 11.7. The lowest BCUT2D eigenvalue weighted by atomic mass is 10.2. The molecule has 2 unspecified atom stereocenters. The van der Waals surface area contributed by atoms with Crippen LogP contribution in [-0.2, 0) is 4.79 Å². The maximum Gasteiger partial charge on any atom is 0.238 e. The summed E-state index contributed by atoms with van der Waals surface area (Å²) in [6.07, 6.45) is 0. The normalized spacial score (nSPS) is 19.4. The highest BCUT2D eigenvalue weighted by Gasteiger charge is 2.24. The number of carbonyl (C=O) groups excluding carboxylic acids is 1. The first kappa shape index (κ1) is 14.6. The second-order valence-corrected chi connectivity index (χ2v) is 6.86. The van der Waals surface area contributed by atoms with Gasteiger partial charge in [0.2, 0.25) is 5.91 Å². The van der Waals surface area contributed by atoms with E-state index in [1.165, 1.54) is 0 Å². The van der Waals surface area contributed by atoms with Crippen LogP contribution in [0.3, 0.4) is 0 Å². The fraction of sp³-hybridized carbons (Fsp3) is 0.333. The number of benzene rings is 1. The summed E-state index contributed by atoms with van der Waals surface area (Å²) >= 11 is 3.34. The molecule has 2 atom stereocenters. The van der Waals surface area contributed by atoms with Crippen LogP contribution >= 0.6 is 23.1 Å². The molecule has 0 spiro atoms. The summed E-state index contributed by atoms with van der Waals surface area (Å²) < 4.78 is 0. The number of hydrogen-bond acceptors (Lipinski definition) is 5. The van der Waals surface area contributed by atoms with Gasteiger partial charge in [-0.3, -0.25) is 10.1 Å². The second kappa shape index (κ2) is 6.60. The number of rotatable bonds is 4. The minimum absolute atomic E-state index is 0.0592. The molecule has 1 saturated heterocycles. The van der Waals surface area contributed by atoms with Gasteiger partial charge < -0.3 is 5.32 Å². The summed E-state index contributed by atoms with van der Waals surface area (Å²) in [5.74, 6) is 1.75. The minimum atomic E-state index is -0.0778. The van der Waals surface area contributed by atoms with Gasteiger partial charge in [-0.05, 0) is 6.92 Å². The maximum absolute atomic E-state index is 12.1. The van der Waals surface area contributed by atoms with Crippen molar-refractivity contribution in [3.8, 4) is 11.3 Å². The van der Waals surface area contributed by atoms with Gasteiger partial charge in [-0.15, -0.1) is 23.1 Å². The molecule has 3 rings (SSSR count). The first-order valence-corrected chi connectivity index (χ1v) is 8.90. The van der Waals surface area contributed by atoms with Crippen molar-refractivity contribution in [1.82, 2.24) is 15.6 Å². The fourth-order valence-corrected chi connectivity index (χ4v) is 3.94. The number of thiazole rings is 1. The molecule has 1 fully saturated rings. The third-order valence-electron chi connectivity index (χ3n) is 3.35. The number of carbonyl (C=O) groups is 1. The Morgan fingerprint density at radius 2 is 2.24 bits per heavy atom. The van der Waals surface area contributed by atoms with Gasteiger partial charge >= 0.3 is 0 Å². The van der Waals surface area contributed by atoms with E-state index in [2.05, 4.69) is 15.6 Å². The molecule has 4 nitrogen and oxygen atoms in total. The highest BCUT2D eigenvalue weighted by molar-refractivity contribution is 7.99. The van der Waals surface area contributed by atoms with Crippen molar-refractivity contribution in [2.75, 3.05) is 11.6 Å². The number of hydrogen-bond donors (Lipinski definition) is 2. The predicted molar refractivity (Wildman–Crippen MR) is 88.4 cm³/mol.